The molecule has 0 radical (unpaired) electrons. The molecule has 0 heterocycles. The Morgan fingerprint density at radius 2 is 1.78 bits per heavy atom. The SMILES string of the molecule is O=CNc1cccc(C(=O)O)c1-c1ccccc1. The summed E-state index contributed by atoms with van der Waals surface area (Å²) in [7, 11) is 0. The summed E-state index contributed by atoms with van der Waals surface area (Å²) < 4.78 is 0. The maximum atomic E-state index is 11.2. The second-order valence-corrected chi connectivity index (χ2v) is 3.66. The summed E-state index contributed by atoms with van der Waals surface area (Å²) in [6, 6.07) is 13.9. The van der Waals surface area contributed by atoms with Crippen molar-refractivity contribution in [1.82, 2.24) is 0 Å². The molecule has 0 aliphatic carbocycles. The van der Waals surface area contributed by atoms with Crippen molar-refractivity contribution in [2.45, 2.75) is 0 Å². The van der Waals surface area contributed by atoms with E-state index in [4.69, 9.17) is 0 Å². The second-order valence-electron chi connectivity index (χ2n) is 3.66. The van der Waals surface area contributed by atoms with E-state index in [1.807, 2.05) is 18.2 Å². The van der Waals surface area contributed by atoms with Gasteiger partial charge >= 0.3 is 5.97 Å². The lowest BCUT2D eigenvalue weighted by molar-refractivity contribution is -0.105. The van der Waals surface area contributed by atoms with E-state index in [-0.39, 0.29) is 5.56 Å². The minimum atomic E-state index is -1.02. The van der Waals surface area contributed by atoms with E-state index in [0.717, 1.165) is 5.56 Å². The fourth-order valence-electron chi connectivity index (χ4n) is 1.83. The van der Waals surface area contributed by atoms with Crippen LogP contribution in [0.25, 0.3) is 11.1 Å². The molecule has 2 rings (SSSR count). The number of carboxylic acid groups (broad SMARTS) is 1. The molecule has 0 bridgehead atoms. The number of rotatable bonds is 4. The first-order valence-corrected chi connectivity index (χ1v) is 5.36. The monoisotopic (exact) mass is 241 g/mol. The Bertz CT molecular complexity index is 579. The van der Waals surface area contributed by atoms with Gasteiger partial charge in [-0.05, 0) is 17.7 Å². The van der Waals surface area contributed by atoms with Gasteiger partial charge in [0, 0.05) is 11.3 Å². The summed E-state index contributed by atoms with van der Waals surface area (Å²) in [4.78, 5) is 21.8. The van der Waals surface area contributed by atoms with Crippen LogP contribution in [0.3, 0.4) is 0 Å². The van der Waals surface area contributed by atoms with Crippen molar-refractivity contribution in [1.29, 1.82) is 0 Å². The lowest BCUT2D eigenvalue weighted by Crippen LogP contribution is -2.04. The molecule has 2 aromatic carbocycles. The van der Waals surface area contributed by atoms with E-state index < -0.39 is 5.97 Å². The summed E-state index contributed by atoms with van der Waals surface area (Å²) in [5.41, 5.74) is 1.90. The van der Waals surface area contributed by atoms with Crippen LogP contribution in [0.15, 0.2) is 48.5 Å². The number of hydrogen-bond acceptors (Lipinski definition) is 2. The van der Waals surface area contributed by atoms with Crippen LogP contribution in [-0.2, 0) is 4.79 Å². The van der Waals surface area contributed by atoms with E-state index in [0.29, 0.717) is 17.7 Å². The van der Waals surface area contributed by atoms with Gasteiger partial charge in [-0.2, -0.15) is 0 Å². The quantitative estimate of drug-likeness (QED) is 0.808. The third kappa shape index (κ3) is 2.22. The highest BCUT2D eigenvalue weighted by Gasteiger charge is 2.15. The summed E-state index contributed by atoms with van der Waals surface area (Å²) in [5.74, 6) is -1.02. The van der Waals surface area contributed by atoms with Gasteiger partial charge in [0.1, 0.15) is 0 Å². The number of carboxylic acids is 1. The van der Waals surface area contributed by atoms with E-state index in [1.54, 1.807) is 24.3 Å². The molecule has 0 unspecified atom stereocenters. The molecule has 0 fully saturated rings. The Hall–Kier alpha value is -2.62. The van der Waals surface area contributed by atoms with Gasteiger partial charge in [-0.25, -0.2) is 4.79 Å². The van der Waals surface area contributed by atoms with Crippen molar-refractivity contribution in [2.24, 2.45) is 0 Å². The molecule has 4 nitrogen and oxygen atoms in total. The number of aromatic carboxylic acids is 1. The lowest BCUT2D eigenvalue weighted by Gasteiger charge is -2.11. The van der Waals surface area contributed by atoms with Crippen molar-refractivity contribution < 1.29 is 14.7 Å². The zero-order valence-electron chi connectivity index (χ0n) is 9.46. The normalized spacial score (nSPS) is 9.78. The zero-order chi connectivity index (χ0) is 13.0. The molecular weight excluding hydrogens is 230 g/mol. The van der Waals surface area contributed by atoms with Gasteiger partial charge < -0.3 is 10.4 Å². The van der Waals surface area contributed by atoms with Crippen LogP contribution < -0.4 is 5.32 Å². The van der Waals surface area contributed by atoms with Gasteiger partial charge in [0.2, 0.25) is 6.41 Å². The number of amides is 1. The molecule has 0 atom stereocenters. The lowest BCUT2D eigenvalue weighted by atomic mass is 9.97. The van der Waals surface area contributed by atoms with Crippen LogP contribution in [0, 0.1) is 0 Å². The van der Waals surface area contributed by atoms with Crippen LogP contribution in [0.4, 0.5) is 5.69 Å². The fraction of sp³-hybridized carbons (Fsp3) is 0. The highest BCUT2D eigenvalue weighted by molar-refractivity contribution is 6.01. The average Bonchev–Trinajstić information content (AvgIpc) is 2.40. The zero-order valence-corrected chi connectivity index (χ0v) is 9.46. The topological polar surface area (TPSA) is 66.4 Å². The molecule has 4 heteroatoms. The van der Waals surface area contributed by atoms with Crippen molar-refractivity contribution in [3.8, 4) is 11.1 Å². The van der Waals surface area contributed by atoms with Gasteiger partial charge in [-0.15, -0.1) is 0 Å². The Labute approximate surface area is 104 Å². The van der Waals surface area contributed by atoms with Crippen LogP contribution in [-0.4, -0.2) is 17.5 Å². The first kappa shape index (κ1) is 11.9. The van der Waals surface area contributed by atoms with Crippen molar-refractivity contribution in [3.63, 3.8) is 0 Å². The molecule has 1 amide bonds. The highest BCUT2D eigenvalue weighted by atomic mass is 16.4. The first-order chi connectivity index (χ1) is 8.74. The number of nitrogens with one attached hydrogen (secondary N) is 1. The van der Waals surface area contributed by atoms with Gasteiger partial charge in [0.15, 0.2) is 0 Å². The number of benzene rings is 2. The van der Waals surface area contributed by atoms with Gasteiger partial charge in [0.05, 0.1) is 5.56 Å². The molecule has 0 aliphatic rings. The van der Waals surface area contributed by atoms with Gasteiger partial charge in [0.25, 0.3) is 0 Å². The predicted molar refractivity (Wildman–Crippen MR) is 68.5 cm³/mol. The number of hydrogen-bond donors (Lipinski definition) is 2. The molecule has 0 saturated heterocycles. The minimum Gasteiger partial charge on any atom is -0.478 e. The Morgan fingerprint density at radius 3 is 2.39 bits per heavy atom. The maximum absolute atomic E-state index is 11.2. The number of carbonyl (C=O) groups is 2. The third-order valence-electron chi connectivity index (χ3n) is 2.57. The predicted octanol–water partition coefficient (Wildman–Crippen LogP) is 2.62. The maximum Gasteiger partial charge on any atom is 0.336 e. The number of anilines is 1. The highest BCUT2D eigenvalue weighted by Crippen LogP contribution is 2.31. The average molecular weight is 241 g/mol. The number of carbonyl (C=O) groups excluding carboxylic acids is 1. The Kier molecular flexibility index (Phi) is 3.38. The largest absolute Gasteiger partial charge is 0.478 e. The van der Waals surface area contributed by atoms with E-state index in [2.05, 4.69) is 5.32 Å². The molecule has 0 spiro atoms. The molecule has 2 aromatic rings. The van der Waals surface area contributed by atoms with E-state index in [1.165, 1.54) is 6.07 Å². The van der Waals surface area contributed by atoms with E-state index in [9.17, 15) is 14.7 Å². The van der Waals surface area contributed by atoms with Crippen LogP contribution in [0.5, 0.6) is 0 Å². The molecule has 90 valence electrons. The fourth-order valence-corrected chi connectivity index (χ4v) is 1.83. The first-order valence-electron chi connectivity index (χ1n) is 5.36. The molecule has 0 aromatic heterocycles. The van der Waals surface area contributed by atoms with Crippen LogP contribution in [0.2, 0.25) is 0 Å². The summed E-state index contributed by atoms with van der Waals surface area (Å²) in [6.45, 7) is 0. The molecule has 18 heavy (non-hydrogen) atoms. The van der Waals surface area contributed by atoms with Gasteiger partial charge in [-0.3, -0.25) is 4.79 Å². The third-order valence-corrected chi connectivity index (χ3v) is 2.57. The molecule has 0 aliphatic heterocycles. The summed E-state index contributed by atoms with van der Waals surface area (Å²) >= 11 is 0. The van der Waals surface area contributed by atoms with Gasteiger partial charge in [-0.1, -0.05) is 36.4 Å². The Morgan fingerprint density at radius 1 is 1.06 bits per heavy atom. The van der Waals surface area contributed by atoms with Crippen molar-refractivity contribution in [2.75, 3.05) is 5.32 Å². The summed E-state index contributed by atoms with van der Waals surface area (Å²) in [5, 5.41) is 11.7. The minimum absolute atomic E-state index is 0.160. The molecule has 2 N–H and O–H groups in total. The Balaban J connectivity index is 2.68. The van der Waals surface area contributed by atoms with E-state index >= 15 is 0 Å². The van der Waals surface area contributed by atoms with Crippen molar-refractivity contribution >= 4 is 18.1 Å². The molecular formula is C14H11NO3. The van der Waals surface area contributed by atoms with Crippen LogP contribution >= 0.6 is 0 Å². The van der Waals surface area contributed by atoms with Crippen LogP contribution in [0.1, 0.15) is 10.4 Å². The standard InChI is InChI=1S/C14H11NO3/c16-9-15-12-8-4-7-11(14(17)18)13(12)10-5-2-1-3-6-10/h1-9H,(H,15,16)(H,17,18). The second kappa shape index (κ2) is 5.14. The summed E-state index contributed by atoms with van der Waals surface area (Å²) in [6.07, 6.45) is 0.535. The molecule has 0 saturated carbocycles. The smallest absolute Gasteiger partial charge is 0.336 e. The van der Waals surface area contributed by atoms with Crippen molar-refractivity contribution in [3.05, 3.63) is 54.1 Å².